The Morgan fingerprint density at radius 3 is 2.69 bits per heavy atom. The van der Waals surface area contributed by atoms with Crippen molar-refractivity contribution in [2.75, 3.05) is 7.05 Å². The van der Waals surface area contributed by atoms with E-state index in [1.165, 1.54) is 12.8 Å². The molecule has 1 atom stereocenters. The third-order valence-corrected chi connectivity index (χ3v) is 6.55. The fraction of sp³-hybridized carbons (Fsp3) is 0.417. The van der Waals surface area contributed by atoms with E-state index >= 15 is 0 Å². The highest BCUT2D eigenvalue weighted by atomic mass is 35.5. The van der Waals surface area contributed by atoms with Gasteiger partial charge in [-0.15, -0.1) is 0 Å². The van der Waals surface area contributed by atoms with Crippen molar-refractivity contribution in [1.82, 2.24) is 14.5 Å². The molecule has 5 heteroatoms. The van der Waals surface area contributed by atoms with E-state index in [-0.39, 0.29) is 11.9 Å². The first-order chi connectivity index (χ1) is 14.0. The minimum Gasteiger partial charge on any atom is -0.336 e. The molecule has 2 aromatic carbocycles. The maximum absolute atomic E-state index is 13.0. The van der Waals surface area contributed by atoms with E-state index in [4.69, 9.17) is 16.6 Å². The molecule has 3 aromatic rings. The Balaban J connectivity index is 1.67. The van der Waals surface area contributed by atoms with Crippen molar-refractivity contribution in [3.05, 3.63) is 64.4 Å². The number of imidazole rings is 1. The number of aromatic nitrogens is 2. The van der Waals surface area contributed by atoms with Crippen molar-refractivity contribution in [2.45, 2.75) is 58.0 Å². The van der Waals surface area contributed by atoms with Gasteiger partial charge in [-0.3, -0.25) is 4.79 Å². The molecule has 0 spiro atoms. The summed E-state index contributed by atoms with van der Waals surface area (Å²) in [6, 6.07) is 14.3. The van der Waals surface area contributed by atoms with E-state index in [0.717, 1.165) is 45.8 Å². The molecular formula is C24H28ClN3O. The standard InChI is InChI=1S/C24H28ClN3O/c1-16-8-4-5-9-18(16)14-23(29)27(3)17(2)24-26-21-13-12-19(25)15-22(21)28(24)20-10-6-7-11-20/h4-5,8-9,12-13,15,17,20H,6-7,10-11,14H2,1-3H3. The molecule has 1 heterocycles. The molecule has 0 aliphatic heterocycles. The van der Waals surface area contributed by atoms with Crippen molar-refractivity contribution in [2.24, 2.45) is 0 Å². The van der Waals surface area contributed by atoms with Crippen LogP contribution in [0.2, 0.25) is 5.02 Å². The third kappa shape index (κ3) is 3.91. The van der Waals surface area contributed by atoms with Gasteiger partial charge in [0.15, 0.2) is 0 Å². The molecular weight excluding hydrogens is 382 g/mol. The van der Waals surface area contributed by atoms with Crippen LogP contribution in [0.5, 0.6) is 0 Å². The van der Waals surface area contributed by atoms with Gasteiger partial charge >= 0.3 is 0 Å². The van der Waals surface area contributed by atoms with Gasteiger partial charge < -0.3 is 9.47 Å². The number of fused-ring (bicyclic) bond motifs is 1. The van der Waals surface area contributed by atoms with Gasteiger partial charge in [-0.2, -0.15) is 0 Å². The summed E-state index contributed by atoms with van der Waals surface area (Å²) >= 11 is 6.30. The number of hydrogen-bond donors (Lipinski definition) is 0. The molecule has 0 bridgehead atoms. The fourth-order valence-electron chi connectivity index (χ4n) is 4.41. The van der Waals surface area contributed by atoms with Crippen LogP contribution < -0.4 is 0 Å². The predicted octanol–water partition coefficient (Wildman–Crippen LogP) is 5.88. The average Bonchev–Trinajstić information content (AvgIpc) is 3.35. The number of likely N-dealkylation sites (N-methyl/N-ethyl adjacent to an activating group) is 1. The summed E-state index contributed by atoms with van der Waals surface area (Å²) in [4.78, 5) is 19.8. The molecule has 4 nitrogen and oxygen atoms in total. The van der Waals surface area contributed by atoms with Crippen LogP contribution in [0.3, 0.4) is 0 Å². The van der Waals surface area contributed by atoms with Gasteiger partial charge in [-0.05, 0) is 56.0 Å². The Hall–Kier alpha value is -2.33. The second-order valence-corrected chi connectivity index (χ2v) is 8.63. The normalized spacial score (nSPS) is 15.7. The smallest absolute Gasteiger partial charge is 0.227 e. The highest BCUT2D eigenvalue weighted by molar-refractivity contribution is 6.31. The van der Waals surface area contributed by atoms with E-state index in [9.17, 15) is 4.79 Å². The Morgan fingerprint density at radius 1 is 1.24 bits per heavy atom. The van der Waals surface area contributed by atoms with Crippen molar-refractivity contribution in [3.63, 3.8) is 0 Å². The Kier molecular flexibility index (Phi) is 5.64. The summed E-state index contributed by atoms with van der Waals surface area (Å²) in [5.41, 5.74) is 4.25. The second kappa shape index (κ2) is 8.19. The molecule has 0 saturated heterocycles. The molecule has 0 radical (unpaired) electrons. The van der Waals surface area contributed by atoms with Gasteiger partial charge in [0, 0.05) is 18.1 Å². The van der Waals surface area contributed by atoms with E-state index in [0.29, 0.717) is 12.5 Å². The number of halogens is 1. The number of rotatable bonds is 5. The lowest BCUT2D eigenvalue weighted by molar-refractivity contribution is -0.131. The minimum absolute atomic E-state index is 0.106. The lowest BCUT2D eigenvalue weighted by Crippen LogP contribution is -2.33. The SMILES string of the molecule is Cc1ccccc1CC(=O)N(C)C(C)c1nc2ccc(Cl)cc2n1C1CCCC1. The van der Waals surface area contributed by atoms with Gasteiger partial charge in [0.1, 0.15) is 5.82 Å². The molecule has 1 fully saturated rings. The van der Waals surface area contributed by atoms with Crippen molar-refractivity contribution < 1.29 is 4.79 Å². The molecule has 1 aliphatic rings. The van der Waals surface area contributed by atoms with Crippen molar-refractivity contribution in [1.29, 1.82) is 0 Å². The van der Waals surface area contributed by atoms with Gasteiger partial charge in [0.05, 0.1) is 23.5 Å². The van der Waals surface area contributed by atoms with Crippen LogP contribution in [0, 0.1) is 6.92 Å². The lowest BCUT2D eigenvalue weighted by Gasteiger charge is -2.27. The maximum atomic E-state index is 13.0. The molecule has 1 aromatic heterocycles. The highest BCUT2D eigenvalue weighted by Crippen LogP contribution is 2.37. The zero-order valence-corrected chi connectivity index (χ0v) is 18.1. The maximum Gasteiger partial charge on any atom is 0.227 e. The Labute approximate surface area is 177 Å². The Bertz CT molecular complexity index is 1040. The Morgan fingerprint density at radius 2 is 1.97 bits per heavy atom. The molecule has 1 unspecified atom stereocenters. The molecule has 0 N–H and O–H groups in total. The molecule has 1 amide bonds. The molecule has 4 rings (SSSR count). The summed E-state index contributed by atoms with van der Waals surface area (Å²) in [6.07, 6.45) is 5.18. The summed E-state index contributed by atoms with van der Waals surface area (Å²) < 4.78 is 2.34. The predicted molar refractivity (Wildman–Crippen MR) is 118 cm³/mol. The van der Waals surface area contributed by atoms with Gasteiger partial charge in [0.25, 0.3) is 0 Å². The molecule has 152 valence electrons. The number of carbonyl (C=O) groups is 1. The van der Waals surface area contributed by atoms with Crippen LogP contribution in [-0.4, -0.2) is 27.4 Å². The number of aryl methyl sites for hydroxylation is 1. The molecule has 1 saturated carbocycles. The summed E-state index contributed by atoms with van der Waals surface area (Å²) in [5.74, 6) is 1.06. The number of amides is 1. The first-order valence-electron chi connectivity index (χ1n) is 10.4. The van der Waals surface area contributed by atoms with E-state index in [1.54, 1.807) is 0 Å². The second-order valence-electron chi connectivity index (χ2n) is 8.20. The lowest BCUT2D eigenvalue weighted by atomic mass is 10.0. The summed E-state index contributed by atoms with van der Waals surface area (Å²) in [7, 11) is 1.89. The van der Waals surface area contributed by atoms with Crippen LogP contribution in [0.4, 0.5) is 0 Å². The number of carbonyl (C=O) groups excluding carboxylic acids is 1. The number of nitrogens with zero attached hydrogens (tertiary/aromatic N) is 3. The van der Waals surface area contributed by atoms with E-state index < -0.39 is 0 Å². The average molecular weight is 410 g/mol. The van der Waals surface area contributed by atoms with Crippen LogP contribution in [0.1, 0.15) is 61.6 Å². The quantitative estimate of drug-likeness (QED) is 0.528. The summed E-state index contributed by atoms with van der Waals surface area (Å²) in [6.45, 7) is 4.12. The molecule has 29 heavy (non-hydrogen) atoms. The summed E-state index contributed by atoms with van der Waals surface area (Å²) in [5, 5.41) is 0.722. The zero-order chi connectivity index (χ0) is 20.5. The van der Waals surface area contributed by atoms with Crippen LogP contribution in [0.25, 0.3) is 11.0 Å². The topological polar surface area (TPSA) is 38.1 Å². The van der Waals surface area contributed by atoms with Crippen LogP contribution in [-0.2, 0) is 11.2 Å². The number of benzene rings is 2. The largest absolute Gasteiger partial charge is 0.336 e. The minimum atomic E-state index is -0.113. The van der Waals surface area contributed by atoms with Crippen molar-refractivity contribution >= 4 is 28.5 Å². The number of hydrogen-bond acceptors (Lipinski definition) is 2. The van der Waals surface area contributed by atoms with Gasteiger partial charge in [0.2, 0.25) is 5.91 Å². The van der Waals surface area contributed by atoms with Crippen LogP contribution >= 0.6 is 11.6 Å². The fourth-order valence-corrected chi connectivity index (χ4v) is 4.58. The van der Waals surface area contributed by atoms with Gasteiger partial charge in [-0.1, -0.05) is 48.7 Å². The van der Waals surface area contributed by atoms with Gasteiger partial charge in [-0.25, -0.2) is 4.98 Å². The monoisotopic (exact) mass is 409 g/mol. The molecule has 1 aliphatic carbocycles. The van der Waals surface area contributed by atoms with Crippen molar-refractivity contribution in [3.8, 4) is 0 Å². The highest BCUT2D eigenvalue weighted by Gasteiger charge is 2.28. The van der Waals surface area contributed by atoms with E-state index in [2.05, 4.69) is 24.5 Å². The first-order valence-corrected chi connectivity index (χ1v) is 10.8. The van der Waals surface area contributed by atoms with Crippen LogP contribution in [0.15, 0.2) is 42.5 Å². The van der Waals surface area contributed by atoms with E-state index in [1.807, 2.05) is 48.3 Å². The first kappa shape index (κ1) is 20.0. The zero-order valence-electron chi connectivity index (χ0n) is 17.4. The third-order valence-electron chi connectivity index (χ3n) is 6.32.